The quantitative estimate of drug-likeness (QED) is 0.659. The van der Waals surface area contributed by atoms with Crippen LogP contribution in [-0.2, 0) is 6.42 Å². The number of rotatable bonds is 2. The number of aromatic nitrogens is 1. The van der Waals surface area contributed by atoms with Crippen LogP contribution in [0.25, 0.3) is 21.8 Å². The van der Waals surface area contributed by atoms with Crippen LogP contribution in [-0.4, -0.2) is 4.57 Å². The van der Waals surface area contributed by atoms with E-state index < -0.39 is 0 Å². The lowest BCUT2D eigenvalue weighted by Gasteiger charge is -2.11. The SMILES string of the molecule is CC(C)n1c2ccccc2c2cc(CC#N)ccc21. The van der Waals surface area contributed by atoms with Crippen molar-refractivity contribution in [1.29, 1.82) is 5.26 Å². The summed E-state index contributed by atoms with van der Waals surface area (Å²) in [4.78, 5) is 0. The summed E-state index contributed by atoms with van der Waals surface area (Å²) in [6.45, 7) is 4.41. The Morgan fingerprint density at radius 1 is 1.05 bits per heavy atom. The van der Waals surface area contributed by atoms with Gasteiger partial charge in [-0.2, -0.15) is 5.26 Å². The van der Waals surface area contributed by atoms with Gasteiger partial charge in [0.25, 0.3) is 0 Å². The predicted octanol–water partition coefficient (Wildman–Crippen LogP) is 4.44. The van der Waals surface area contributed by atoms with Crippen LogP contribution >= 0.6 is 0 Å². The molecule has 0 aliphatic heterocycles. The van der Waals surface area contributed by atoms with Crippen LogP contribution in [0.5, 0.6) is 0 Å². The van der Waals surface area contributed by atoms with Gasteiger partial charge in [0.2, 0.25) is 0 Å². The maximum absolute atomic E-state index is 8.84. The molecule has 0 atom stereocenters. The Balaban J connectivity index is 2.43. The van der Waals surface area contributed by atoms with E-state index in [4.69, 9.17) is 5.26 Å². The van der Waals surface area contributed by atoms with Gasteiger partial charge in [0, 0.05) is 27.8 Å². The monoisotopic (exact) mass is 248 g/mol. The normalized spacial score (nSPS) is 11.3. The summed E-state index contributed by atoms with van der Waals surface area (Å²) in [5, 5.41) is 11.4. The molecule has 0 aliphatic carbocycles. The zero-order valence-corrected chi connectivity index (χ0v) is 11.2. The molecule has 0 bridgehead atoms. The summed E-state index contributed by atoms with van der Waals surface area (Å²) in [5.41, 5.74) is 3.60. The van der Waals surface area contributed by atoms with Crippen molar-refractivity contribution in [2.45, 2.75) is 26.3 Å². The lowest BCUT2D eigenvalue weighted by molar-refractivity contribution is 0.642. The summed E-state index contributed by atoms with van der Waals surface area (Å²) < 4.78 is 2.36. The first-order chi connectivity index (χ1) is 9.22. The molecule has 94 valence electrons. The Morgan fingerprint density at radius 3 is 2.53 bits per heavy atom. The highest BCUT2D eigenvalue weighted by molar-refractivity contribution is 6.08. The van der Waals surface area contributed by atoms with E-state index in [-0.39, 0.29) is 0 Å². The maximum atomic E-state index is 8.84. The van der Waals surface area contributed by atoms with Gasteiger partial charge in [-0.3, -0.25) is 0 Å². The third-order valence-electron chi connectivity index (χ3n) is 3.57. The van der Waals surface area contributed by atoms with Gasteiger partial charge in [0.1, 0.15) is 0 Å². The average Bonchev–Trinajstić information content (AvgIpc) is 2.73. The summed E-state index contributed by atoms with van der Waals surface area (Å²) in [5.74, 6) is 0. The first kappa shape index (κ1) is 11.8. The van der Waals surface area contributed by atoms with Crippen molar-refractivity contribution < 1.29 is 0 Å². The molecule has 0 spiro atoms. The Kier molecular flexibility index (Phi) is 2.76. The Bertz CT molecular complexity index is 788. The zero-order chi connectivity index (χ0) is 13.4. The van der Waals surface area contributed by atoms with Crippen LogP contribution in [0.2, 0.25) is 0 Å². The standard InChI is InChI=1S/C17H16N2/c1-12(2)19-16-6-4-3-5-14(16)15-11-13(9-10-18)7-8-17(15)19/h3-8,11-12H,9H2,1-2H3. The molecule has 2 nitrogen and oxygen atoms in total. The molecule has 3 rings (SSSR count). The van der Waals surface area contributed by atoms with E-state index >= 15 is 0 Å². The number of fused-ring (bicyclic) bond motifs is 3. The van der Waals surface area contributed by atoms with E-state index in [2.05, 4.69) is 66.9 Å². The van der Waals surface area contributed by atoms with Gasteiger partial charge in [-0.25, -0.2) is 0 Å². The number of benzene rings is 2. The van der Waals surface area contributed by atoms with Crippen molar-refractivity contribution in [3.63, 3.8) is 0 Å². The molecule has 1 heterocycles. The molecular weight excluding hydrogens is 232 g/mol. The Labute approximate surface area is 112 Å². The second-order valence-electron chi connectivity index (χ2n) is 5.17. The van der Waals surface area contributed by atoms with Gasteiger partial charge in [0.15, 0.2) is 0 Å². The van der Waals surface area contributed by atoms with Gasteiger partial charge in [0.05, 0.1) is 12.5 Å². The minimum Gasteiger partial charge on any atom is -0.338 e. The van der Waals surface area contributed by atoms with E-state index in [1.807, 2.05) is 0 Å². The lowest BCUT2D eigenvalue weighted by atomic mass is 10.1. The van der Waals surface area contributed by atoms with E-state index in [0.717, 1.165) is 5.56 Å². The topological polar surface area (TPSA) is 28.7 Å². The first-order valence-corrected chi connectivity index (χ1v) is 6.61. The third-order valence-corrected chi connectivity index (χ3v) is 3.57. The van der Waals surface area contributed by atoms with E-state index in [0.29, 0.717) is 12.5 Å². The number of nitrogens with zero attached hydrogens (tertiary/aromatic N) is 2. The van der Waals surface area contributed by atoms with Crippen LogP contribution in [0.4, 0.5) is 0 Å². The molecule has 0 aliphatic rings. The van der Waals surface area contributed by atoms with E-state index in [1.54, 1.807) is 0 Å². The number of hydrogen-bond donors (Lipinski definition) is 0. The second kappa shape index (κ2) is 4.44. The Morgan fingerprint density at radius 2 is 1.79 bits per heavy atom. The average molecular weight is 248 g/mol. The molecule has 0 unspecified atom stereocenters. The molecule has 19 heavy (non-hydrogen) atoms. The van der Waals surface area contributed by atoms with Gasteiger partial charge >= 0.3 is 0 Å². The third kappa shape index (κ3) is 1.79. The molecular formula is C17H16N2. The van der Waals surface area contributed by atoms with E-state index in [1.165, 1.54) is 21.8 Å². The van der Waals surface area contributed by atoms with Crippen LogP contribution in [0.1, 0.15) is 25.5 Å². The molecule has 3 aromatic rings. The predicted molar refractivity (Wildman–Crippen MR) is 79.1 cm³/mol. The number of hydrogen-bond acceptors (Lipinski definition) is 1. The summed E-state index contributed by atoms with van der Waals surface area (Å²) >= 11 is 0. The first-order valence-electron chi connectivity index (χ1n) is 6.61. The second-order valence-corrected chi connectivity index (χ2v) is 5.17. The van der Waals surface area contributed by atoms with E-state index in [9.17, 15) is 0 Å². The van der Waals surface area contributed by atoms with Gasteiger partial charge < -0.3 is 4.57 Å². The van der Waals surface area contributed by atoms with Crippen molar-refractivity contribution in [3.05, 3.63) is 48.0 Å². The molecule has 0 saturated carbocycles. The highest BCUT2D eigenvalue weighted by Gasteiger charge is 2.12. The molecule has 1 aromatic heterocycles. The molecule has 0 amide bonds. The largest absolute Gasteiger partial charge is 0.338 e. The molecule has 0 radical (unpaired) electrons. The Hall–Kier alpha value is -2.27. The molecule has 0 fully saturated rings. The smallest absolute Gasteiger partial charge is 0.0669 e. The summed E-state index contributed by atoms with van der Waals surface area (Å²) in [7, 11) is 0. The summed E-state index contributed by atoms with van der Waals surface area (Å²) in [6.07, 6.45) is 0.469. The summed E-state index contributed by atoms with van der Waals surface area (Å²) in [6, 6.07) is 17.5. The van der Waals surface area contributed by atoms with Crippen LogP contribution in [0, 0.1) is 11.3 Å². The molecule has 0 saturated heterocycles. The van der Waals surface area contributed by atoms with Crippen molar-refractivity contribution in [3.8, 4) is 6.07 Å². The maximum Gasteiger partial charge on any atom is 0.0669 e. The van der Waals surface area contributed by atoms with Gasteiger partial charge in [-0.05, 0) is 37.6 Å². The minimum atomic E-state index is 0.421. The fourth-order valence-electron chi connectivity index (χ4n) is 2.81. The van der Waals surface area contributed by atoms with Crippen molar-refractivity contribution in [2.75, 3.05) is 0 Å². The fraction of sp³-hybridized carbons (Fsp3) is 0.235. The van der Waals surface area contributed by atoms with Crippen molar-refractivity contribution in [2.24, 2.45) is 0 Å². The molecule has 2 aromatic carbocycles. The van der Waals surface area contributed by atoms with Gasteiger partial charge in [-0.1, -0.05) is 24.3 Å². The highest BCUT2D eigenvalue weighted by Crippen LogP contribution is 2.32. The van der Waals surface area contributed by atoms with Crippen LogP contribution in [0.3, 0.4) is 0 Å². The lowest BCUT2D eigenvalue weighted by Crippen LogP contribution is -1.99. The molecule has 0 N–H and O–H groups in total. The van der Waals surface area contributed by atoms with Gasteiger partial charge in [-0.15, -0.1) is 0 Å². The van der Waals surface area contributed by atoms with Crippen LogP contribution in [0.15, 0.2) is 42.5 Å². The van der Waals surface area contributed by atoms with Crippen molar-refractivity contribution in [1.82, 2.24) is 4.57 Å². The van der Waals surface area contributed by atoms with Crippen molar-refractivity contribution >= 4 is 21.8 Å². The molecule has 2 heteroatoms. The highest BCUT2D eigenvalue weighted by atomic mass is 15.0. The van der Waals surface area contributed by atoms with Crippen LogP contribution < -0.4 is 0 Å². The fourth-order valence-corrected chi connectivity index (χ4v) is 2.81. The zero-order valence-electron chi connectivity index (χ0n) is 11.2. The number of nitriles is 1. The minimum absolute atomic E-state index is 0.421. The number of para-hydroxylation sites is 1.